The number of nitrogens with one attached hydrogen (secondary N) is 1. The van der Waals surface area contributed by atoms with E-state index in [1.54, 1.807) is 23.5 Å². The SMILES string of the molecule is CCC(C(=O)NCCc1csc(C)n1)c1ccc(F)cc1. The molecule has 1 N–H and O–H groups in total. The summed E-state index contributed by atoms with van der Waals surface area (Å²) in [7, 11) is 0. The van der Waals surface area contributed by atoms with Crippen molar-refractivity contribution in [2.24, 2.45) is 0 Å². The van der Waals surface area contributed by atoms with Gasteiger partial charge >= 0.3 is 0 Å². The highest BCUT2D eigenvalue weighted by molar-refractivity contribution is 7.09. The lowest BCUT2D eigenvalue weighted by molar-refractivity contribution is -0.122. The number of carbonyl (C=O) groups excluding carboxylic acids is 1. The maximum Gasteiger partial charge on any atom is 0.227 e. The van der Waals surface area contributed by atoms with E-state index in [9.17, 15) is 9.18 Å². The Labute approximate surface area is 128 Å². The lowest BCUT2D eigenvalue weighted by Gasteiger charge is -2.15. The van der Waals surface area contributed by atoms with Gasteiger partial charge in [0.1, 0.15) is 5.82 Å². The summed E-state index contributed by atoms with van der Waals surface area (Å²) >= 11 is 1.61. The third-order valence-corrected chi connectivity index (χ3v) is 4.17. The van der Waals surface area contributed by atoms with Crippen LogP contribution >= 0.6 is 11.3 Å². The number of aryl methyl sites for hydroxylation is 1. The molecule has 1 atom stereocenters. The van der Waals surface area contributed by atoms with Crippen LogP contribution in [-0.2, 0) is 11.2 Å². The van der Waals surface area contributed by atoms with Gasteiger partial charge in [0.15, 0.2) is 0 Å². The minimum absolute atomic E-state index is 0.0175. The first-order chi connectivity index (χ1) is 10.1. The average molecular weight is 306 g/mol. The number of hydrogen-bond acceptors (Lipinski definition) is 3. The highest BCUT2D eigenvalue weighted by Crippen LogP contribution is 2.20. The maximum atomic E-state index is 12.9. The Hall–Kier alpha value is -1.75. The molecule has 0 radical (unpaired) electrons. The Morgan fingerprint density at radius 3 is 2.67 bits per heavy atom. The molecule has 2 rings (SSSR count). The highest BCUT2D eigenvalue weighted by atomic mass is 32.1. The van der Waals surface area contributed by atoms with Crippen molar-refractivity contribution < 1.29 is 9.18 Å². The maximum absolute atomic E-state index is 12.9. The van der Waals surface area contributed by atoms with Crippen molar-refractivity contribution in [2.45, 2.75) is 32.6 Å². The Bertz CT molecular complexity index is 595. The van der Waals surface area contributed by atoms with Gasteiger partial charge in [-0.1, -0.05) is 19.1 Å². The molecule has 112 valence electrons. The third-order valence-electron chi connectivity index (χ3n) is 3.34. The molecule has 0 aliphatic rings. The van der Waals surface area contributed by atoms with E-state index in [0.717, 1.165) is 22.7 Å². The Balaban J connectivity index is 1.89. The average Bonchev–Trinajstić information content (AvgIpc) is 2.87. The van der Waals surface area contributed by atoms with Crippen LogP contribution in [0.1, 0.15) is 35.5 Å². The van der Waals surface area contributed by atoms with Crippen LogP contribution < -0.4 is 5.32 Å². The number of amides is 1. The molecule has 1 unspecified atom stereocenters. The molecule has 1 aromatic carbocycles. The van der Waals surface area contributed by atoms with Gasteiger partial charge in [-0.05, 0) is 31.0 Å². The number of hydrogen-bond donors (Lipinski definition) is 1. The summed E-state index contributed by atoms with van der Waals surface area (Å²) in [5.41, 5.74) is 1.86. The zero-order chi connectivity index (χ0) is 15.2. The van der Waals surface area contributed by atoms with Gasteiger partial charge in [0.05, 0.1) is 16.6 Å². The summed E-state index contributed by atoms with van der Waals surface area (Å²) in [6.07, 6.45) is 1.42. The van der Waals surface area contributed by atoms with Crippen LogP contribution in [-0.4, -0.2) is 17.4 Å². The molecule has 21 heavy (non-hydrogen) atoms. The summed E-state index contributed by atoms with van der Waals surface area (Å²) in [5.74, 6) is -0.535. The normalized spacial score (nSPS) is 12.1. The number of aromatic nitrogens is 1. The highest BCUT2D eigenvalue weighted by Gasteiger charge is 2.18. The summed E-state index contributed by atoms with van der Waals surface area (Å²) < 4.78 is 12.9. The zero-order valence-corrected chi connectivity index (χ0v) is 13.0. The van der Waals surface area contributed by atoms with E-state index in [1.807, 2.05) is 19.2 Å². The number of rotatable bonds is 6. The second-order valence-electron chi connectivity index (χ2n) is 4.91. The van der Waals surface area contributed by atoms with Crippen molar-refractivity contribution in [3.05, 3.63) is 51.7 Å². The molecule has 5 heteroatoms. The Kier molecular flexibility index (Phi) is 5.44. The molecule has 0 spiro atoms. The van der Waals surface area contributed by atoms with E-state index < -0.39 is 0 Å². The lowest BCUT2D eigenvalue weighted by atomic mass is 9.95. The lowest BCUT2D eigenvalue weighted by Crippen LogP contribution is -2.30. The van der Waals surface area contributed by atoms with Gasteiger partial charge < -0.3 is 5.32 Å². The van der Waals surface area contributed by atoms with Crippen molar-refractivity contribution in [3.8, 4) is 0 Å². The van der Waals surface area contributed by atoms with Crippen LogP contribution in [0.4, 0.5) is 4.39 Å². The van der Waals surface area contributed by atoms with Crippen molar-refractivity contribution >= 4 is 17.2 Å². The largest absolute Gasteiger partial charge is 0.355 e. The molecule has 1 aromatic heterocycles. The number of nitrogens with zero attached hydrogens (tertiary/aromatic N) is 1. The summed E-state index contributed by atoms with van der Waals surface area (Å²) in [6.45, 7) is 4.49. The van der Waals surface area contributed by atoms with Crippen molar-refractivity contribution in [1.82, 2.24) is 10.3 Å². The predicted molar refractivity (Wildman–Crippen MR) is 83.0 cm³/mol. The second kappa shape index (κ2) is 7.31. The molecule has 0 bridgehead atoms. The Morgan fingerprint density at radius 1 is 1.38 bits per heavy atom. The first-order valence-electron chi connectivity index (χ1n) is 7.04. The first-order valence-corrected chi connectivity index (χ1v) is 7.92. The minimum Gasteiger partial charge on any atom is -0.355 e. The number of halogens is 1. The Morgan fingerprint density at radius 2 is 2.10 bits per heavy atom. The van der Waals surface area contributed by atoms with E-state index in [2.05, 4.69) is 10.3 Å². The van der Waals surface area contributed by atoms with E-state index in [1.165, 1.54) is 12.1 Å². The molecule has 0 saturated carbocycles. The van der Waals surface area contributed by atoms with Crippen LogP contribution in [0.5, 0.6) is 0 Å². The van der Waals surface area contributed by atoms with Gasteiger partial charge in [0, 0.05) is 18.3 Å². The quantitative estimate of drug-likeness (QED) is 0.888. The number of benzene rings is 1. The first kappa shape index (κ1) is 15.6. The van der Waals surface area contributed by atoms with Crippen LogP contribution in [0, 0.1) is 12.7 Å². The molecule has 0 aliphatic heterocycles. The van der Waals surface area contributed by atoms with E-state index in [0.29, 0.717) is 13.0 Å². The standard InChI is InChI=1S/C16H19FN2OS/c1-3-15(12-4-6-13(17)7-5-12)16(20)18-9-8-14-10-21-11(2)19-14/h4-7,10,15H,3,8-9H2,1-2H3,(H,18,20). The van der Waals surface area contributed by atoms with Crippen LogP contribution in [0.25, 0.3) is 0 Å². The van der Waals surface area contributed by atoms with Gasteiger partial charge in [0.2, 0.25) is 5.91 Å². The molecule has 0 saturated heterocycles. The van der Waals surface area contributed by atoms with Crippen LogP contribution in [0.3, 0.4) is 0 Å². The summed E-state index contributed by atoms with van der Waals surface area (Å²) in [4.78, 5) is 16.6. The summed E-state index contributed by atoms with van der Waals surface area (Å²) in [5, 5.41) is 5.99. The fourth-order valence-corrected chi connectivity index (χ4v) is 2.87. The molecule has 0 fully saturated rings. The van der Waals surface area contributed by atoms with Gasteiger partial charge in [-0.2, -0.15) is 0 Å². The molecule has 1 amide bonds. The molecule has 3 nitrogen and oxygen atoms in total. The van der Waals surface area contributed by atoms with Crippen molar-refractivity contribution in [3.63, 3.8) is 0 Å². The van der Waals surface area contributed by atoms with Crippen molar-refractivity contribution in [2.75, 3.05) is 6.54 Å². The van der Waals surface area contributed by atoms with Gasteiger partial charge in [-0.15, -0.1) is 11.3 Å². The van der Waals surface area contributed by atoms with E-state index in [-0.39, 0.29) is 17.6 Å². The molecule has 2 aromatic rings. The van der Waals surface area contributed by atoms with Gasteiger partial charge in [-0.3, -0.25) is 4.79 Å². The van der Waals surface area contributed by atoms with Crippen LogP contribution in [0.2, 0.25) is 0 Å². The number of thiazole rings is 1. The minimum atomic E-state index is -0.284. The fourth-order valence-electron chi connectivity index (χ4n) is 2.23. The molecular formula is C16H19FN2OS. The predicted octanol–water partition coefficient (Wildman–Crippen LogP) is 3.44. The zero-order valence-electron chi connectivity index (χ0n) is 12.2. The van der Waals surface area contributed by atoms with E-state index >= 15 is 0 Å². The second-order valence-corrected chi connectivity index (χ2v) is 5.97. The van der Waals surface area contributed by atoms with Crippen LogP contribution in [0.15, 0.2) is 29.6 Å². The monoisotopic (exact) mass is 306 g/mol. The molecular weight excluding hydrogens is 287 g/mol. The smallest absolute Gasteiger partial charge is 0.227 e. The number of carbonyl (C=O) groups is 1. The van der Waals surface area contributed by atoms with Gasteiger partial charge in [0.25, 0.3) is 0 Å². The van der Waals surface area contributed by atoms with Gasteiger partial charge in [-0.25, -0.2) is 9.37 Å². The summed E-state index contributed by atoms with van der Waals surface area (Å²) in [6, 6.07) is 6.13. The third kappa shape index (κ3) is 4.36. The molecule has 0 aliphatic carbocycles. The van der Waals surface area contributed by atoms with Crippen molar-refractivity contribution in [1.29, 1.82) is 0 Å². The fraction of sp³-hybridized carbons (Fsp3) is 0.375. The molecule has 1 heterocycles. The van der Waals surface area contributed by atoms with E-state index in [4.69, 9.17) is 0 Å². The topological polar surface area (TPSA) is 42.0 Å².